The quantitative estimate of drug-likeness (QED) is 0.894. The van der Waals surface area contributed by atoms with Crippen molar-refractivity contribution in [3.05, 3.63) is 20.8 Å². The lowest BCUT2D eigenvalue weighted by atomic mass is 10.1. The molecule has 4 heteroatoms. The van der Waals surface area contributed by atoms with Gasteiger partial charge in [-0.15, -0.1) is 11.3 Å². The molecule has 0 amide bonds. The maximum atomic E-state index is 10.5. The van der Waals surface area contributed by atoms with E-state index in [2.05, 4.69) is 15.9 Å². The van der Waals surface area contributed by atoms with Crippen molar-refractivity contribution in [3.63, 3.8) is 0 Å². The highest BCUT2D eigenvalue weighted by Crippen LogP contribution is 2.24. The molecule has 0 saturated heterocycles. The van der Waals surface area contributed by atoms with Crippen LogP contribution in [0, 0.1) is 5.92 Å². The molecule has 1 heterocycles. The molecule has 12 heavy (non-hydrogen) atoms. The average molecular weight is 249 g/mol. The van der Waals surface area contributed by atoms with Crippen LogP contribution < -0.4 is 0 Å². The lowest BCUT2D eigenvalue weighted by Gasteiger charge is -2.01. The molecule has 1 atom stereocenters. The van der Waals surface area contributed by atoms with E-state index in [0.29, 0.717) is 6.42 Å². The molecule has 1 aromatic heterocycles. The summed E-state index contributed by atoms with van der Waals surface area (Å²) in [6.45, 7) is 1.72. The van der Waals surface area contributed by atoms with E-state index in [-0.39, 0.29) is 5.92 Å². The Morgan fingerprint density at radius 1 is 1.75 bits per heavy atom. The number of carbonyl (C=O) groups is 1. The van der Waals surface area contributed by atoms with Gasteiger partial charge in [0.25, 0.3) is 0 Å². The normalized spacial score (nSPS) is 12.8. The van der Waals surface area contributed by atoms with Crippen LogP contribution in [0.2, 0.25) is 0 Å². The summed E-state index contributed by atoms with van der Waals surface area (Å²) in [6.07, 6.45) is 0.617. The second kappa shape index (κ2) is 4.05. The summed E-state index contributed by atoms with van der Waals surface area (Å²) in [7, 11) is 0. The van der Waals surface area contributed by atoms with Gasteiger partial charge in [0.15, 0.2) is 0 Å². The van der Waals surface area contributed by atoms with Crippen LogP contribution in [0.5, 0.6) is 0 Å². The Bertz CT molecular complexity index is 282. The van der Waals surface area contributed by atoms with E-state index in [9.17, 15) is 4.79 Å². The van der Waals surface area contributed by atoms with Crippen molar-refractivity contribution < 1.29 is 9.90 Å². The molecule has 0 aliphatic rings. The molecule has 0 aromatic carbocycles. The summed E-state index contributed by atoms with van der Waals surface area (Å²) in [6, 6.07) is 3.89. The van der Waals surface area contributed by atoms with Gasteiger partial charge < -0.3 is 5.11 Å². The van der Waals surface area contributed by atoms with E-state index < -0.39 is 5.97 Å². The first-order valence-electron chi connectivity index (χ1n) is 3.56. The molecule has 0 saturated carbocycles. The van der Waals surface area contributed by atoms with Gasteiger partial charge in [0, 0.05) is 4.88 Å². The highest BCUT2D eigenvalue weighted by molar-refractivity contribution is 9.11. The molecule has 0 aliphatic carbocycles. The van der Waals surface area contributed by atoms with Gasteiger partial charge in [-0.1, -0.05) is 6.92 Å². The zero-order valence-electron chi connectivity index (χ0n) is 6.58. The zero-order valence-corrected chi connectivity index (χ0v) is 8.98. The molecule has 2 nitrogen and oxygen atoms in total. The standard InChI is InChI=1S/C8H9BrO2S/c1-5(8(10)11)4-6-2-3-7(9)12-6/h2-3,5H,4H2,1H3,(H,10,11). The summed E-state index contributed by atoms with van der Waals surface area (Å²) in [5, 5.41) is 8.64. The smallest absolute Gasteiger partial charge is 0.306 e. The summed E-state index contributed by atoms with van der Waals surface area (Å²) >= 11 is 4.92. The Kier molecular flexibility index (Phi) is 3.29. The molecule has 1 aromatic rings. The van der Waals surface area contributed by atoms with Crippen LogP contribution in [0.3, 0.4) is 0 Å². The number of halogens is 1. The van der Waals surface area contributed by atoms with Gasteiger partial charge in [0.2, 0.25) is 0 Å². The lowest BCUT2D eigenvalue weighted by Crippen LogP contribution is -2.11. The molecule has 0 bridgehead atoms. The molecular formula is C8H9BrO2S. The number of carboxylic acid groups (broad SMARTS) is 1. The van der Waals surface area contributed by atoms with Crippen molar-refractivity contribution in [2.24, 2.45) is 5.92 Å². The Morgan fingerprint density at radius 2 is 2.42 bits per heavy atom. The van der Waals surface area contributed by atoms with Gasteiger partial charge in [-0.25, -0.2) is 0 Å². The Hall–Kier alpha value is -0.350. The molecule has 66 valence electrons. The lowest BCUT2D eigenvalue weighted by molar-refractivity contribution is -0.141. The largest absolute Gasteiger partial charge is 0.481 e. The van der Waals surface area contributed by atoms with Gasteiger partial charge >= 0.3 is 5.97 Å². The summed E-state index contributed by atoms with van der Waals surface area (Å²) in [4.78, 5) is 11.6. The molecule has 0 aliphatic heterocycles. The molecule has 1 rings (SSSR count). The number of hydrogen-bond acceptors (Lipinski definition) is 2. The average Bonchev–Trinajstić information content (AvgIpc) is 2.35. The van der Waals surface area contributed by atoms with Crippen molar-refractivity contribution in [2.75, 3.05) is 0 Å². The van der Waals surface area contributed by atoms with Crippen LogP contribution in [0.4, 0.5) is 0 Å². The minimum Gasteiger partial charge on any atom is -0.481 e. The number of rotatable bonds is 3. The van der Waals surface area contributed by atoms with E-state index in [0.717, 1.165) is 8.66 Å². The van der Waals surface area contributed by atoms with E-state index in [1.807, 2.05) is 12.1 Å². The van der Waals surface area contributed by atoms with Gasteiger partial charge in [-0.05, 0) is 34.5 Å². The first-order valence-corrected chi connectivity index (χ1v) is 5.17. The van der Waals surface area contributed by atoms with Gasteiger partial charge in [0.05, 0.1) is 9.70 Å². The van der Waals surface area contributed by atoms with Crippen molar-refractivity contribution in [3.8, 4) is 0 Å². The first kappa shape index (κ1) is 9.74. The summed E-state index contributed by atoms with van der Waals surface area (Å²) < 4.78 is 1.05. The third-order valence-electron chi connectivity index (χ3n) is 1.56. The van der Waals surface area contributed by atoms with Crippen LogP contribution >= 0.6 is 27.3 Å². The minimum absolute atomic E-state index is 0.296. The molecule has 1 N–H and O–H groups in total. The fourth-order valence-electron chi connectivity index (χ4n) is 0.851. The third-order valence-corrected chi connectivity index (χ3v) is 3.20. The van der Waals surface area contributed by atoms with Crippen LogP contribution in [-0.2, 0) is 11.2 Å². The molecule has 1 unspecified atom stereocenters. The molecular weight excluding hydrogens is 240 g/mol. The highest BCUT2D eigenvalue weighted by atomic mass is 79.9. The number of hydrogen-bond donors (Lipinski definition) is 1. The maximum Gasteiger partial charge on any atom is 0.306 e. The summed E-state index contributed by atoms with van der Waals surface area (Å²) in [5.74, 6) is -1.03. The maximum absolute atomic E-state index is 10.5. The monoisotopic (exact) mass is 248 g/mol. The second-order valence-corrected chi connectivity index (χ2v) is 5.20. The summed E-state index contributed by atoms with van der Waals surface area (Å²) in [5.41, 5.74) is 0. The van der Waals surface area contributed by atoms with E-state index >= 15 is 0 Å². The molecule has 0 radical (unpaired) electrons. The fourth-order valence-corrected chi connectivity index (χ4v) is 2.46. The highest BCUT2D eigenvalue weighted by Gasteiger charge is 2.12. The van der Waals surface area contributed by atoms with Gasteiger partial charge in [0.1, 0.15) is 0 Å². The molecule has 0 fully saturated rings. The van der Waals surface area contributed by atoms with Crippen molar-refractivity contribution in [1.29, 1.82) is 0 Å². The van der Waals surface area contributed by atoms with E-state index in [1.54, 1.807) is 18.3 Å². The number of carboxylic acids is 1. The van der Waals surface area contributed by atoms with E-state index in [1.165, 1.54) is 0 Å². The van der Waals surface area contributed by atoms with Crippen molar-refractivity contribution >= 4 is 33.2 Å². The Morgan fingerprint density at radius 3 is 2.83 bits per heavy atom. The topological polar surface area (TPSA) is 37.3 Å². The second-order valence-electron chi connectivity index (χ2n) is 2.65. The first-order chi connectivity index (χ1) is 5.59. The minimum atomic E-state index is -0.737. The van der Waals surface area contributed by atoms with E-state index in [4.69, 9.17) is 5.11 Å². The Balaban J connectivity index is 2.58. The SMILES string of the molecule is CC(Cc1ccc(Br)s1)C(=O)O. The van der Waals surface area contributed by atoms with Crippen LogP contribution in [-0.4, -0.2) is 11.1 Å². The van der Waals surface area contributed by atoms with Gasteiger partial charge in [-0.3, -0.25) is 4.79 Å². The fraction of sp³-hybridized carbons (Fsp3) is 0.375. The van der Waals surface area contributed by atoms with Crippen LogP contribution in [0.1, 0.15) is 11.8 Å². The zero-order chi connectivity index (χ0) is 9.14. The predicted molar refractivity (Wildman–Crippen MR) is 52.5 cm³/mol. The molecule has 0 spiro atoms. The van der Waals surface area contributed by atoms with Crippen molar-refractivity contribution in [1.82, 2.24) is 0 Å². The van der Waals surface area contributed by atoms with Crippen LogP contribution in [0.15, 0.2) is 15.9 Å². The third kappa shape index (κ3) is 2.60. The predicted octanol–water partition coefficient (Wildman–Crippen LogP) is 2.77. The number of thiophene rings is 1. The van der Waals surface area contributed by atoms with Crippen molar-refractivity contribution in [2.45, 2.75) is 13.3 Å². The van der Waals surface area contributed by atoms with Crippen LogP contribution in [0.25, 0.3) is 0 Å². The number of aliphatic carboxylic acids is 1. The van der Waals surface area contributed by atoms with Gasteiger partial charge in [-0.2, -0.15) is 0 Å². The Labute approximate surface area is 83.4 Å².